The highest BCUT2D eigenvalue weighted by Crippen LogP contribution is 2.48. The fourth-order valence-electron chi connectivity index (χ4n) is 9.09. The van der Waals surface area contributed by atoms with E-state index < -0.39 is 5.60 Å². The average Bonchev–Trinajstić information content (AvgIpc) is 3.58. The number of rotatable bonds is 7. The van der Waals surface area contributed by atoms with E-state index in [0.29, 0.717) is 6.61 Å². The first kappa shape index (κ1) is 36.7. The second-order valence-electron chi connectivity index (χ2n) is 17.1. The molecule has 0 aliphatic carbocycles. The van der Waals surface area contributed by atoms with E-state index in [-0.39, 0.29) is 23.7 Å². The van der Waals surface area contributed by atoms with Gasteiger partial charge < -0.3 is 28.9 Å². The third-order valence-electron chi connectivity index (χ3n) is 12.1. The summed E-state index contributed by atoms with van der Waals surface area (Å²) in [6.07, 6.45) is 10.9. The third-order valence-corrected chi connectivity index (χ3v) is 12.1. The van der Waals surface area contributed by atoms with Crippen LogP contribution in [0, 0.1) is 12.3 Å². The van der Waals surface area contributed by atoms with Crippen LogP contribution in [-0.4, -0.2) is 101 Å². The molecule has 0 saturated carbocycles. The summed E-state index contributed by atoms with van der Waals surface area (Å²) in [5.74, 6) is 2.92. The van der Waals surface area contributed by atoms with E-state index in [1.807, 2.05) is 44.9 Å². The average molecular weight is 736 g/mol. The minimum absolute atomic E-state index is 0.0648. The summed E-state index contributed by atoms with van der Waals surface area (Å²) < 4.78 is 20.7. The van der Waals surface area contributed by atoms with Crippen LogP contribution in [0.3, 0.4) is 0 Å². The fraction of sp³-hybridized carbons (Fsp3) is 0.581. The van der Waals surface area contributed by atoms with Gasteiger partial charge in [0.2, 0.25) is 0 Å². The molecular weight excluding hydrogens is 679 g/mol. The van der Waals surface area contributed by atoms with E-state index in [4.69, 9.17) is 29.3 Å². The molecule has 1 unspecified atom stereocenters. The summed E-state index contributed by atoms with van der Waals surface area (Å²) >= 11 is 0. The number of carbonyl (C=O) groups excluding carboxylic acids is 1. The van der Waals surface area contributed by atoms with Crippen molar-refractivity contribution < 1.29 is 19.0 Å². The Hall–Kier alpha value is -4.22. The van der Waals surface area contributed by atoms with E-state index in [2.05, 4.69) is 53.2 Å². The Kier molecular flexibility index (Phi) is 9.83. The number of fused-ring (bicyclic) bond motifs is 2. The third kappa shape index (κ3) is 6.82. The second kappa shape index (κ2) is 14.5. The Morgan fingerprint density at radius 3 is 2.46 bits per heavy atom. The molecular formula is C43H57N7O4. The maximum absolute atomic E-state index is 12.8. The summed E-state index contributed by atoms with van der Waals surface area (Å²) in [4.78, 5) is 30.4. The molecule has 4 fully saturated rings. The molecule has 1 spiro atoms. The van der Waals surface area contributed by atoms with Gasteiger partial charge in [0.25, 0.3) is 0 Å². The van der Waals surface area contributed by atoms with Crippen molar-refractivity contribution in [3.8, 4) is 16.9 Å². The number of likely N-dealkylation sites (tertiary alicyclic amines) is 2. The highest BCUT2D eigenvalue weighted by molar-refractivity contribution is 6.07. The number of aryl methyl sites for hydroxylation is 1. The summed E-state index contributed by atoms with van der Waals surface area (Å²) in [6, 6.07) is 6.60. The van der Waals surface area contributed by atoms with E-state index in [9.17, 15) is 4.79 Å². The normalized spacial score (nSPS) is 21.1. The highest BCUT2D eigenvalue weighted by atomic mass is 16.6. The Morgan fingerprint density at radius 2 is 1.80 bits per heavy atom. The maximum Gasteiger partial charge on any atom is 0.410 e. The van der Waals surface area contributed by atoms with E-state index >= 15 is 0 Å². The van der Waals surface area contributed by atoms with Crippen LogP contribution in [0.4, 0.5) is 10.6 Å². The zero-order valence-corrected chi connectivity index (χ0v) is 33.1. The van der Waals surface area contributed by atoms with E-state index in [1.54, 1.807) is 0 Å². The summed E-state index contributed by atoms with van der Waals surface area (Å²) in [6.45, 7) is 20.8. The summed E-state index contributed by atoms with van der Waals surface area (Å²) in [5.41, 5.74) is 5.75. The SMILES string of the molecule is C=Cc1cc2c(N3CCC4(CC3)CN(C(=O)OC(C)(C)C)C4)nc(C3CCN(C)CC3)nc2c(OCC)c1-c1c(C)ccc2c1cnn2C1CCCCO1. The fourth-order valence-corrected chi connectivity index (χ4v) is 9.09. The van der Waals surface area contributed by atoms with Gasteiger partial charge in [-0.05, 0) is 129 Å². The monoisotopic (exact) mass is 735 g/mol. The van der Waals surface area contributed by atoms with Crippen LogP contribution in [0.25, 0.3) is 39.0 Å². The number of aromatic nitrogens is 4. The molecule has 54 heavy (non-hydrogen) atoms. The summed E-state index contributed by atoms with van der Waals surface area (Å²) in [7, 11) is 2.19. The van der Waals surface area contributed by atoms with Gasteiger partial charge in [-0.25, -0.2) is 19.4 Å². The largest absolute Gasteiger partial charge is 0.491 e. The van der Waals surface area contributed by atoms with Crippen LogP contribution in [-0.2, 0) is 9.47 Å². The zero-order valence-electron chi connectivity index (χ0n) is 33.1. The molecule has 11 nitrogen and oxygen atoms in total. The van der Waals surface area contributed by atoms with Gasteiger partial charge in [-0.3, -0.25) is 0 Å². The van der Waals surface area contributed by atoms with Crippen molar-refractivity contribution in [2.75, 3.05) is 64.4 Å². The molecule has 4 aliphatic rings. The quantitative estimate of drug-likeness (QED) is 0.186. The number of carbonyl (C=O) groups is 1. The van der Waals surface area contributed by atoms with Crippen molar-refractivity contribution >= 4 is 39.8 Å². The van der Waals surface area contributed by atoms with Crippen LogP contribution in [0.1, 0.15) is 102 Å². The lowest BCUT2D eigenvalue weighted by Gasteiger charge is -2.53. The molecule has 4 aromatic rings. The van der Waals surface area contributed by atoms with Crippen molar-refractivity contribution in [1.29, 1.82) is 0 Å². The molecule has 1 amide bonds. The number of hydrogen-bond acceptors (Lipinski definition) is 9. The van der Waals surface area contributed by atoms with Crippen LogP contribution in [0.5, 0.6) is 5.75 Å². The van der Waals surface area contributed by atoms with Gasteiger partial charge in [0.05, 0.1) is 18.3 Å². The first-order chi connectivity index (χ1) is 26.0. The molecule has 6 heterocycles. The lowest BCUT2D eigenvalue weighted by atomic mass is 9.72. The predicted octanol–water partition coefficient (Wildman–Crippen LogP) is 8.34. The second-order valence-corrected chi connectivity index (χ2v) is 17.1. The first-order valence-corrected chi connectivity index (χ1v) is 20.1. The maximum atomic E-state index is 12.8. The minimum atomic E-state index is -0.496. The van der Waals surface area contributed by atoms with Crippen molar-refractivity contribution in [3.63, 3.8) is 0 Å². The molecule has 8 rings (SSSR count). The Balaban J connectivity index is 1.22. The number of nitrogens with zero attached hydrogens (tertiary/aromatic N) is 7. The molecule has 0 N–H and O–H groups in total. The molecule has 11 heteroatoms. The molecule has 2 aromatic heterocycles. The molecule has 0 bridgehead atoms. The highest BCUT2D eigenvalue weighted by Gasteiger charge is 2.48. The van der Waals surface area contributed by atoms with Gasteiger partial charge in [0.15, 0.2) is 12.0 Å². The van der Waals surface area contributed by atoms with Crippen molar-refractivity contribution in [1.82, 2.24) is 29.5 Å². The number of ether oxygens (including phenoxy) is 3. The van der Waals surface area contributed by atoms with Gasteiger partial charge in [-0.15, -0.1) is 0 Å². The Labute approximate surface area is 319 Å². The van der Waals surface area contributed by atoms with E-state index in [1.165, 1.54) is 0 Å². The van der Waals surface area contributed by atoms with Crippen molar-refractivity contribution in [2.45, 2.75) is 97.3 Å². The van der Waals surface area contributed by atoms with Gasteiger partial charge >= 0.3 is 6.09 Å². The van der Waals surface area contributed by atoms with E-state index in [0.717, 1.165) is 152 Å². The van der Waals surface area contributed by atoms with Gasteiger partial charge in [0, 0.05) is 60.5 Å². The number of hydrogen-bond donors (Lipinski definition) is 0. The predicted molar refractivity (Wildman–Crippen MR) is 214 cm³/mol. The topological polar surface area (TPSA) is 98.1 Å². The number of anilines is 1. The molecule has 4 saturated heterocycles. The van der Waals surface area contributed by atoms with Gasteiger partial charge in [-0.1, -0.05) is 18.7 Å². The number of amides is 1. The molecule has 1 atom stereocenters. The van der Waals surface area contributed by atoms with Gasteiger partial charge in [-0.2, -0.15) is 5.10 Å². The lowest BCUT2D eigenvalue weighted by Crippen LogP contribution is -2.62. The van der Waals surface area contributed by atoms with Crippen LogP contribution in [0.15, 0.2) is 31.0 Å². The Morgan fingerprint density at radius 1 is 1.04 bits per heavy atom. The lowest BCUT2D eigenvalue weighted by molar-refractivity contribution is -0.0434. The number of piperidine rings is 2. The summed E-state index contributed by atoms with van der Waals surface area (Å²) in [5, 5.41) is 6.97. The van der Waals surface area contributed by atoms with Crippen molar-refractivity contribution in [3.05, 3.63) is 47.9 Å². The van der Waals surface area contributed by atoms with Crippen LogP contribution >= 0.6 is 0 Å². The Bertz CT molecular complexity index is 2040. The van der Waals surface area contributed by atoms with Crippen LogP contribution < -0.4 is 9.64 Å². The standard InChI is InChI=1S/C43H57N7O4/c1-8-29-24-31-37(38(52-9-2)36(29)35-28(3)13-14-33-32(35)25-44-50(33)34-12-10-11-23-53-34)45-39(30-15-19-47(7)20-16-30)46-40(31)48-21-17-43(18-22-48)26-49(27-43)41(51)54-42(4,5)6/h8,13-14,24-25,30,34H,1,9-12,15-23,26-27H2,2-7H3. The first-order valence-electron chi connectivity index (χ1n) is 20.1. The minimum Gasteiger partial charge on any atom is -0.491 e. The molecule has 288 valence electrons. The van der Waals surface area contributed by atoms with Crippen LogP contribution in [0.2, 0.25) is 0 Å². The molecule has 4 aliphatic heterocycles. The molecule has 0 radical (unpaired) electrons. The van der Waals surface area contributed by atoms with Crippen molar-refractivity contribution in [2.24, 2.45) is 5.41 Å². The number of benzene rings is 2. The van der Waals surface area contributed by atoms with Gasteiger partial charge in [0.1, 0.15) is 22.8 Å². The zero-order chi connectivity index (χ0) is 37.8. The molecule has 2 aromatic carbocycles. The smallest absolute Gasteiger partial charge is 0.410 e.